The number of phenolic OH excluding ortho intramolecular Hbond substituents is 1. The monoisotopic (exact) mass is 154 g/mol. The van der Waals surface area contributed by atoms with Crippen molar-refractivity contribution in [2.45, 2.75) is 0 Å². The fraction of sp³-hybridized carbons (Fsp3) is 0. The van der Waals surface area contributed by atoms with Crippen LogP contribution in [-0.4, -0.2) is 34.7 Å². The summed E-state index contributed by atoms with van der Waals surface area (Å²) in [5.74, 6) is 0.322. The molecule has 0 heterocycles. The first-order valence-corrected chi connectivity index (χ1v) is 2.13. The number of hydrogen-bond acceptors (Lipinski definition) is 1. The van der Waals surface area contributed by atoms with E-state index in [0.29, 0.717) is 5.75 Å². The zero-order valence-electron chi connectivity index (χ0n) is 4.24. The molecule has 0 spiro atoms. The minimum atomic E-state index is 0. The van der Waals surface area contributed by atoms with Gasteiger partial charge in [-0.1, -0.05) is 18.2 Å². The Morgan fingerprint density at radius 3 is 1.67 bits per heavy atom. The average molecular weight is 155 g/mol. The molecule has 0 aromatic heterocycles. The Bertz CT molecular complexity index is 143. The van der Waals surface area contributed by atoms with Gasteiger partial charge in [0.15, 0.2) is 0 Å². The summed E-state index contributed by atoms with van der Waals surface area (Å²) in [5, 5.41) is 8.63. The van der Waals surface area contributed by atoms with Crippen LogP contribution in [0, 0.1) is 0 Å². The Hall–Kier alpha value is 0.310. The molecule has 3 heteroatoms. The van der Waals surface area contributed by atoms with Crippen LogP contribution in [0.5, 0.6) is 5.75 Å². The van der Waals surface area contributed by atoms with Gasteiger partial charge in [-0.3, -0.25) is 0 Å². The van der Waals surface area contributed by atoms with Crippen LogP contribution in [0.3, 0.4) is 0 Å². The van der Waals surface area contributed by atoms with Crippen LogP contribution in [0.1, 0.15) is 0 Å². The Balaban J connectivity index is 0. The summed E-state index contributed by atoms with van der Waals surface area (Å²) in [5.41, 5.74) is 0. The normalized spacial score (nSPS) is 6.67. The van der Waals surface area contributed by atoms with Crippen molar-refractivity contribution in [3.63, 3.8) is 0 Å². The fourth-order valence-corrected chi connectivity index (χ4v) is 0.428. The van der Waals surface area contributed by atoms with Gasteiger partial charge in [0.2, 0.25) is 0 Å². The van der Waals surface area contributed by atoms with Crippen LogP contribution in [0.25, 0.3) is 0 Å². The zero-order chi connectivity index (χ0) is 5.11. The van der Waals surface area contributed by atoms with E-state index in [2.05, 4.69) is 0 Å². The molecule has 1 rings (SSSR count). The second-order valence-corrected chi connectivity index (χ2v) is 1.34. The standard InChI is InChI=1S/C6H6O.ClH.Na.H/c7-6-4-2-1-3-5-6;;;/h1-5,7H;1H;;. The van der Waals surface area contributed by atoms with E-state index in [0.717, 1.165) is 0 Å². The molecule has 1 aromatic rings. The molecule has 0 fully saturated rings. The second kappa shape index (κ2) is 6.43. The van der Waals surface area contributed by atoms with E-state index in [1.54, 1.807) is 24.3 Å². The van der Waals surface area contributed by atoms with Gasteiger partial charge in [0.25, 0.3) is 0 Å². The molecule has 0 saturated carbocycles. The van der Waals surface area contributed by atoms with Gasteiger partial charge >= 0.3 is 29.6 Å². The third-order valence-electron chi connectivity index (χ3n) is 0.756. The first-order valence-electron chi connectivity index (χ1n) is 2.13. The van der Waals surface area contributed by atoms with Gasteiger partial charge in [-0.25, -0.2) is 0 Å². The molecule has 46 valence electrons. The zero-order valence-corrected chi connectivity index (χ0v) is 5.06. The molecule has 0 unspecified atom stereocenters. The maximum atomic E-state index is 8.63. The molecule has 0 saturated heterocycles. The molecule has 0 amide bonds. The first-order chi connectivity index (χ1) is 3.39. The van der Waals surface area contributed by atoms with Gasteiger partial charge in [-0.05, 0) is 12.1 Å². The predicted octanol–water partition coefficient (Wildman–Crippen LogP) is 1.17. The summed E-state index contributed by atoms with van der Waals surface area (Å²) < 4.78 is 0. The maximum absolute atomic E-state index is 8.63. The second-order valence-electron chi connectivity index (χ2n) is 1.34. The quantitative estimate of drug-likeness (QED) is 0.557. The number of phenols is 1. The topological polar surface area (TPSA) is 20.2 Å². The van der Waals surface area contributed by atoms with E-state index < -0.39 is 0 Å². The Kier molecular flexibility index (Phi) is 8.60. The summed E-state index contributed by atoms with van der Waals surface area (Å²) in [7, 11) is 0. The molecule has 0 atom stereocenters. The van der Waals surface area contributed by atoms with E-state index in [1.165, 1.54) is 0 Å². The van der Waals surface area contributed by atoms with Crippen LogP contribution < -0.4 is 0 Å². The molecule has 1 nitrogen and oxygen atoms in total. The van der Waals surface area contributed by atoms with Gasteiger partial charge < -0.3 is 5.11 Å². The predicted molar refractivity (Wildman–Crippen MR) is 42.5 cm³/mol. The van der Waals surface area contributed by atoms with Crippen molar-refractivity contribution in [2.24, 2.45) is 0 Å². The summed E-state index contributed by atoms with van der Waals surface area (Å²) in [4.78, 5) is 0. The van der Waals surface area contributed by atoms with Gasteiger partial charge in [-0.15, -0.1) is 12.4 Å². The van der Waals surface area contributed by atoms with Crippen LogP contribution in [0.2, 0.25) is 0 Å². The van der Waals surface area contributed by atoms with Crippen LogP contribution in [0.4, 0.5) is 0 Å². The molecule has 0 bridgehead atoms. The number of hydrogen-bond donors (Lipinski definition) is 1. The van der Waals surface area contributed by atoms with E-state index >= 15 is 0 Å². The molecule has 0 aliphatic heterocycles. The summed E-state index contributed by atoms with van der Waals surface area (Å²) in [6.07, 6.45) is 0. The van der Waals surface area contributed by atoms with Gasteiger partial charge in [0.1, 0.15) is 5.75 Å². The van der Waals surface area contributed by atoms with Crippen molar-refractivity contribution in [1.29, 1.82) is 0 Å². The Labute approximate surface area is 82.8 Å². The molecular formula is C6H8ClNaO. The number of para-hydroxylation sites is 1. The molecule has 0 radical (unpaired) electrons. The molecule has 0 aliphatic rings. The number of benzene rings is 1. The van der Waals surface area contributed by atoms with Crippen molar-refractivity contribution in [3.05, 3.63) is 30.3 Å². The minimum absolute atomic E-state index is 0. The molecular weight excluding hydrogens is 147 g/mol. The Morgan fingerprint density at radius 1 is 1.00 bits per heavy atom. The van der Waals surface area contributed by atoms with Crippen molar-refractivity contribution in [3.8, 4) is 5.75 Å². The van der Waals surface area contributed by atoms with Gasteiger partial charge in [0, 0.05) is 0 Å². The van der Waals surface area contributed by atoms with Crippen LogP contribution in [0.15, 0.2) is 30.3 Å². The van der Waals surface area contributed by atoms with Crippen LogP contribution >= 0.6 is 12.4 Å². The summed E-state index contributed by atoms with van der Waals surface area (Å²) in [6, 6.07) is 8.71. The average Bonchev–Trinajstić information content (AvgIpc) is 1.69. The Morgan fingerprint density at radius 2 is 1.44 bits per heavy atom. The third-order valence-corrected chi connectivity index (χ3v) is 0.756. The SMILES string of the molecule is Cl.Oc1ccccc1.[NaH]. The van der Waals surface area contributed by atoms with Crippen molar-refractivity contribution < 1.29 is 5.11 Å². The van der Waals surface area contributed by atoms with E-state index in [4.69, 9.17) is 5.11 Å². The number of halogens is 1. The van der Waals surface area contributed by atoms with E-state index in [-0.39, 0.29) is 42.0 Å². The number of rotatable bonds is 0. The van der Waals surface area contributed by atoms with Gasteiger partial charge in [-0.2, -0.15) is 0 Å². The van der Waals surface area contributed by atoms with Crippen molar-refractivity contribution in [1.82, 2.24) is 0 Å². The molecule has 1 N–H and O–H groups in total. The first kappa shape index (κ1) is 12.0. The number of aromatic hydroxyl groups is 1. The van der Waals surface area contributed by atoms with Gasteiger partial charge in [0.05, 0.1) is 0 Å². The van der Waals surface area contributed by atoms with Crippen molar-refractivity contribution in [2.75, 3.05) is 0 Å². The van der Waals surface area contributed by atoms with Crippen LogP contribution in [-0.2, 0) is 0 Å². The summed E-state index contributed by atoms with van der Waals surface area (Å²) >= 11 is 0. The summed E-state index contributed by atoms with van der Waals surface area (Å²) in [6.45, 7) is 0. The van der Waals surface area contributed by atoms with E-state index in [9.17, 15) is 0 Å². The third kappa shape index (κ3) is 4.79. The van der Waals surface area contributed by atoms with E-state index in [1.807, 2.05) is 6.07 Å². The fourth-order valence-electron chi connectivity index (χ4n) is 0.428. The molecule has 0 aliphatic carbocycles. The molecule has 9 heavy (non-hydrogen) atoms. The molecule has 1 aromatic carbocycles. The van der Waals surface area contributed by atoms with Crippen molar-refractivity contribution >= 4 is 42.0 Å².